The van der Waals surface area contributed by atoms with Crippen LogP contribution in [-0.4, -0.2) is 39.6 Å². The minimum Gasteiger partial charge on any atom is -0.478 e. The molecule has 2 aromatic rings. The number of amides is 1. The zero-order chi connectivity index (χ0) is 22.0. The first-order valence-corrected chi connectivity index (χ1v) is 9.63. The van der Waals surface area contributed by atoms with E-state index in [0.29, 0.717) is 17.0 Å². The molecule has 0 saturated heterocycles. The van der Waals surface area contributed by atoms with Crippen LogP contribution in [0.5, 0.6) is 0 Å². The minimum atomic E-state index is -0.988. The Balaban J connectivity index is 1.77. The number of allylic oxidation sites excluding steroid dienone is 3. The Bertz CT molecular complexity index is 1210. The number of benzene rings is 2. The molecule has 4 rings (SSSR count). The fourth-order valence-electron chi connectivity index (χ4n) is 3.40. The smallest absolute Gasteiger partial charge is 0.335 e. The Hall–Kier alpha value is -4.31. The number of hydrogen-bond donors (Lipinski definition) is 1. The van der Waals surface area contributed by atoms with Gasteiger partial charge < -0.3 is 5.11 Å². The van der Waals surface area contributed by atoms with Crippen LogP contribution in [0.3, 0.4) is 0 Å². The van der Waals surface area contributed by atoms with Crippen molar-refractivity contribution in [3.63, 3.8) is 0 Å². The summed E-state index contributed by atoms with van der Waals surface area (Å²) in [4.78, 5) is 28.8. The van der Waals surface area contributed by atoms with Gasteiger partial charge in [0.25, 0.3) is 5.91 Å². The summed E-state index contributed by atoms with van der Waals surface area (Å²) in [6, 6.07) is 15.6. The molecule has 7 nitrogen and oxygen atoms in total. The molecular weight excluding hydrogens is 392 g/mol. The molecule has 31 heavy (non-hydrogen) atoms. The van der Waals surface area contributed by atoms with Crippen LogP contribution in [0.2, 0.25) is 0 Å². The van der Waals surface area contributed by atoms with E-state index in [9.17, 15) is 9.59 Å². The maximum Gasteiger partial charge on any atom is 0.335 e. The third-order valence-electron chi connectivity index (χ3n) is 5.02. The lowest BCUT2D eigenvalue weighted by Crippen LogP contribution is -2.41. The first-order valence-electron chi connectivity index (χ1n) is 9.63. The van der Waals surface area contributed by atoms with Crippen LogP contribution in [0.4, 0.5) is 0 Å². The van der Waals surface area contributed by atoms with Crippen molar-refractivity contribution in [1.82, 2.24) is 5.01 Å². The molecule has 0 radical (unpaired) electrons. The summed E-state index contributed by atoms with van der Waals surface area (Å²) in [6.07, 6.45) is 4.99. The molecule has 0 saturated carbocycles. The van der Waals surface area contributed by atoms with E-state index in [0.717, 1.165) is 16.7 Å². The molecule has 7 heteroatoms. The van der Waals surface area contributed by atoms with Gasteiger partial charge in [0, 0.05) is 0 Å². The lowest BCUT2D eigenvalue weighted by molar-refractivity contribution is -0.131. The number of carboxylic acid groups (broad SMARTS) is 1. The zero-order valence-electron chi connectivity index (χ0n) is 16.7. The van der Waals surface area contributed by atoms with Crippen LogP contribution in [0.25, 0.3) is 5.57 Å². The summed E-state index contributed by atoms with van der Waals surface area (Å²) in [6.45, 7) is 1.80. The summed E-state index contributed by atoms with van der Waals surface area (Å²) >= 11 is 0. The van der Waals surface area contributed by atoms with Gasteiger partial charge in [0.15, 0.2) is 6.17 Å². The van der Waals surface area contributed by atoms with Crippen molar-refractivity contribution >= 4 is 28.9 Å². The quantitative estimate of drug-likeness (QED) is 0.834. The largest absolute Gasteiger partial charge is 0.478 e. The van der Waals surface area contributed by atoms with Gasteiger partial charge in [-0.2, -0.15) is 10.4 Å². The summed E-state index contributed by atoms with van der Waals surface area (Å²) in [7, 11) is 0. The van der Waals surface area contributed by atoms with Crippen molar-refractivity contribution in [2.75, 3.05) is 0 Å². The van der Waals surface area contributed by atoms with Crippen LogP contribution < -0.4 is 0 Å². The summed E-state index contributed by atoms with van der Waals surface area (Å²) in [5.41, 5.74) is 4.42. The third-order valence-corrected chi connectivity index (χ3v) is 5.02. The number of carbonyl (C=O) groups is 2. The highest BCUT2D eigenvalue weighted by atomic mass is 16.4. The van der Waals surface area contributed by atoms with Crippen LogP contribution in [-0.2, 0) is 4.79 Å². The monoisotopic (exact) mass is 410 g/mol. The summed E-state index contributed by atoms with van der Waals surface area (Å²) in [5.74, 6) is -1.16. The number of aromatic carboxylic acids is 1. The van der Waals surface area contributed by atoms with Crippen LogP contribution in [0.1, 0.15) is 40.4 Å². The van der Waals surface area contributed by atoms with E-state index in [1.54, 1.807) is 61.5 Å². The van der Waals surface area contributed by atoms with Gasteiger partial charge in [-0.15, -0.1) is 0 Å². The molecule has 2 heterocycles. The van der Waals surface area contributed by atoms with E-state index in [-0.39, 0.29) is 17.9 Å². The van der Waals surface area contributed by atoms with E-state index in [1.165, 1.54) is 5.01 Å². The number of fused-ring (bicyclic) bond motifs is 1. The molecule has 1 atom stereocenters. The topological polar surface area (TPSA) is 106 Å². The molecular formula is C24H18N4O3. The first kappa shape index (κ1) is 20.0. The Morgan fingerprint density at radius 3 is 2.42 bits per heavy atom. The fourth-order valence-corrected chi connectivity index (χ4v) is 3.40. The third kappa shape index (κ3) is 4.19. The molecule has 152 valence electrons. The second kappa shape index (κ2) is 8.20. The SMILES string of the molecule is CC1=NN2C(=O)CC(c3ccc(C#N)cc3)=NC2C=C(c2ccc(C(=O)O)cc2)C=C1. The predicted octanol–water partition coefficient (Wildman–Crippen LogP) is 3.63. The molecule has 2 aromatic carbocycles. The zero-order valence-corrected chi connectivity index (χ0v) is 16.7. The molecule has 1 N–H and O–H groups in total. The highest BCUT2D eigenvalue weighted by molar-refractivity contribution is 6.12. The maximum absolute atomic E-state index is 12.9. The fraction of sp³-hybridized carbons (Fsp3) is 0.125. The number of carboxylic acids is 1. The summed E-state index contributed by atoms with van der Waals surface area (Å²) < 4.78 is 0. The van der Waals surface area contributed by atoms with E-state index in [1.807, 2.05) is 12.2 Å². The molecule has 0 fully saturated rings. The number of rotatable bonds is 3. The predicted molar refractivity (Wildman–Crippen MR) is 117 cm³/mol. The number of hydrogen-bond acceptors (Lipinski definition) is 5. The average Bonchev–Trinajstić information content (AvgIpc) is 2.77. The number of hydrazone groups is 1. The van der Waals surface area contributed by atoms with E-state index >= 15 is 0 Å². The normalized spacial score (nSPS) is 18.1. The lowest BCUT2D eigenvalue weighted by atomic mass is 10.00. The van der Waals surface area contributed by atoms with Crippen LogP contribution >= 0.6 is 0 Å². The van der Waals surface area contributed by atoms with Gasteiger partial charge in [-0.3, -0.25) is 9.79 Å². The Kier molecular flexibility index (Phi) is 5.29. The second-order valence-corrected chi connectivity index (χ2v) is 7.17. The molecule has 1 amide bonds. The summed E-state index contributed by atoms with van der Waals surface area (Å²) in [5, 5.41) is 23.9. The molecule has 2 aliphatic heterocycles. The van der Waals surface area contributed by atoms with Crippen molar-refractivity contribution in [3.8, 4) is 6.07 Å². The lowest BCUT2D eigenvalue weighted by Gasteiger charge is -2.29. The number of nitrogens with zero attached hydrogens (tertiary/aromatic N) is 4. The van der Waals surface area contributed by atoms with Gasteiger partial charge in [-0.25, -0.2) is 9.80 Å². The van der Waals surface area contributed by atoms with Gasteiger partial charge in [0.05, 0.1) is 35.0 Å². The Labute approximate surface area is 179 Å². The molecule has 0 spiro atoms. The van der Waals surface area contributed by atoms with Gasteiger partial charge in [0.2, 0.25) is 0 Å². The van der Waals surface area contributed by atoms with Gasteiger partial charge in [-0.05, 0) is 60.0 Å². The van der Waals surface area contributed by atoms with Crippen molar-refractivity contribution in [2.24, 2.45) is 10.1 Å². The van der Waals surface area contributed by atoms with Gasteiger partial charge in [0.1, 0.15) is 0 Å². The molecule has 0 aliphatic carbocycles. The molecule has 2 aliphatic rings. The van der Waals surface area contributed by atoms with Crippen molar-refractivity contribution < 1.29 is 14.7 Å². The van der Waals surface area contributed by atoms with Crippen molar-refractivity contribution in [2.45, 2.75) is 19.5 Å². The highest BCUT2D eigenvalue weighted by Gasteiger charge is 2.30. The van der Waals surface area contributed by atoms with E-state index in [2.05, 4.69) is 11.2 Å². The van der Waals surface area contributed by atoms with Gasteiger partial charge >= 0.3 is 5.97 Å². The van der Waals surface area contributed by atoms with Gasteiger partial charge in [-0.1, -0.05) is 30.3 Å². The van der Waals surface area contributed by atoms with E-state index in [4.69, 9.17) is 15.4 Å². The highest BCUT2D eigenvalue weighted by Crippen LogP contribution is 2.25. The second-order valence-electron chi connectivity index (χ2n) is 7.17. The van der Waals surface area contributed by atoms with Crippen molar-refractivity contribution in [1.29, 1.82) is 5.26 Å². The number of nitriles is 1. The first-order chi connectivity index (χ1) is 14.9. The Morgan fingerprint density at radius 2 is 1.77 bits per heavy atom. The average molecular weight is 410 g/mol. The minimum absolute atomic E-state index is 0.110. The van der Waals surface area contributed by atoms with Crippen molar-refractivity contribution in [3.05, 3.63) is 89.0 Å². The Morgan fingerprint density at radius 1 is 1.10 bits per heavy atom. The molecule has 0 aromatic heterocycles. The van der Waals surface area contributed by atoms with E-state index < -0.39 is 12.1 Å². The standard InChI is InChI=1S/C24H18N4O3/c1-15-2-5-20(17-8-10-19(11-9-17)24(30)31)12-22-26-21(13-23(29)28(22)27-15)18-6-3-16(14-25)4-7-18/h2-12,22H,13H2,1H3,(H,30,31). The number of carbonyl (C=O) groups excluding carboxylic acids is 1. The van der Waals surface area contributed by atoms with Crippen LogP contribution in [0.15, 0.2) is 76.9 Å². The molecule has 1 unspecified atom stereocenters. The van der Waals surface area contributed by atoms with Crippen LogP contribution in [0, 0.1) is 11.3 Å². The maximum atomic E-state index is 12.9. The number of aliphatic imine (C=N–C) groups is 1. The molecule has 0 bridgehead atoms.